The lowest BCUT2D eigenvalue weighted by atomic mass is 10.1. The molecule has 0 radical (unpaired) electrons. The van der Waals surface area contributed by atoms with Crippen molar-refractivity contribution in [3.05, 3.63) is 0 Å². The molecule has 0 rings (SSSR count). The van der Waals surface area contributed by atoms with Gasteiger partial charge in [0.1, 0.15) is 0 Å². The van der Waals surface area contributed by atoms with Gasteiger partial charge in [-0.15, -0.1) is 0 Å². The Bertz CT molecular complexity index is 103. The summed E-state index contributed by atoms with van der Waals surface area (Å²) >= 11 is 0. The summed E-state index contributed by atoms with van der Waals surface area (Å²) in [5.41, 5.74) is -0.497. The molecule has 74 valence electrons. The maximum atomic E-state index is 8.79. The van der Waals surface area contributed by atoms with Crippen LogP contribution in [0.1, 0.15) is 13.8 Å². The highest BCUT2D eigenvalue weighted by Gasteiger charge is 2.15. The van der Waals surface area contributed by atoms with Crippen LogP contribution in [0.4, 0.5) is 0 Å². The van der Waals surface area contributed by atoms with Gasteiger partial charge in [-0.25, -0.2) is 0 Å². The molecular formula is C8H18O4. The summed E-state index contributed by atoms with van der Waals surface area (Å²) in [5, 5.41) is 17.2. The second-order valence-electron chi connectivity index (χ2n) is 3.10. The van der Waals surface area contributed by atoms with Crippen molar-refractivity contribution in [2.45, 2.75) is 19.4 Å². The number of aliphatic hydroxyl groups excluding tert-OH is 2. The van der Waals surface area contributed by atoms with Crippen LogP contribution in [0.5, 0.6) is 0 Å². The lowest BCUT2D eigenvalue weighted by Crippen LogP contribution is -2.30. The molecule has 0 heterocycles. The molecular weight excluding hydrogens is 160 g/mol. The van der Waals surface area contributed by atoms with E-state index in [0.717, 1.165) is 0 Å². The molecule has 4 nitrogen and oxygen atoms in total. The third kappa shape index (κ3) is 6.54. The van der Waals surface area contributed by atoms with Gasteiger partial charge in [0.05, 0.1) is 38.6 Å². The summed E-state index contributed by atoms with van der Waals surface area (Å²) in [6, 6.07) is 0. The Labute approximate surface area is 73.1 Å². The summed E-state index contributed by atoms with van der Waals surface area (Å²) in [6.45, 7) is 4.86. The smallest absolute Gasteiger partial charge is 0.0857 e. The minimum atomic E-state index is -0.497. The summed E-state index contributed by atoms with van der Waals surface area (Å²) in [6.07, 6.45) is 0. The largest absolute Gasteiger partial charge is 0.394 e. The molecule has 0 atom stereocenters. The highest BCUT2D eigenvalue weighted by atomic mass is 16.5. The van der Waals surface area contributed by atoms with Gasteiger partial charge in [-0.05, 0) is 13.8 Å². The van der Waals surface area contributed by atoms with Gasteiger partial charge in [0.2, 0.25) is 0 Å². The number of ether oxygens (including phenoxy) is 2. The van der Waals surface area contributed by atoms with E-state index in [1.165, 1.54) is 0 Å². The third-order valence-corrected chi connectivity index (χ3v) is 1.34. The Balaban J connectivity index is 3.19. The van der Waals surface area contributed by atoms with E-state index in [2.05, 4.69) is 0 Å². The van der Waals surface area contributed by atoms with Crippen molar-refractivity contribution in [2.75, 3.05) is 33.0 Å². The van der Waals surface area contributed by atoms with Crippen molar-refractivity contribution < 1.29 is 19.7 Å². The second-order valence-corrected chi connectivity index (χ2v) is 3.10. The quantitative estimate of drug-likeness (QED) is 0.529. The van der Waals surface area contributed by atoms with Gasteiger partial charge in [-0.1, -0.05) is 0 Å². The number of hydrogen-bond acceptors (Lipinski definition) is 4. The number of aliphatic hydroxyl groups is 2. The lowest BCUT2D eigenvalue weighted by molar-refractivity contribution is -0.0744. The van der Waals surface area contributed by atoms with Gasteiger partial charge in [0.25, 0.3) is 0 Å². The zero-order chi connectivity index (χ0) is 9.45. The highest BCUT2D eigenvalue weighted by Crippen LogP contribution is 2.06. The molecule has 0 unspecified atom stereocenters. The first-order chi connectivity index (χ1) is 5.62. The maximum absolute atomic E-state index is 8.79. The van der Waals surface area contributed by atoms with Crippen LogP contribution in [0.2, 0.25) is 0 Å². The van der Waals surface area contributed by atoms with Gasteiger partial charge in [-0.2, -0.15) is 0 Å². The van der Waals surface area contributed by atoms with E-state index >= 15 is 0 Å². The SMILES string of the molecule is CC(C)(CO)OCCOCCO. The summed E-state index contributed by atoms with van der Waals surface area (Å²) in [5.74, 6) is 0. The molecule has 0 fully saturated rings. The van der Waals surface area contributed by atoms with E-state index in [9.17, 15) is 0 Å². The van der Waals surface area contributed by atoms with Crippen molar-refractivity contribution in [1.82, 2.24) is 0 Å². The van der Waals surface area contributed by atoms with E-state index in [1.807, 2.05) is 0 Å². The molecule has 0 aromatic rings. The van der Waals surface area contributed by atoms with E-state index in [1.54, 1.807) is 13.8 Å². The predicted octanol–water partition coefficient (Wildman–Crippen LogP) is -0.217. The monoisotopic (exact) mass is 178 g/mol. The molecule has 0 aliphatic rings. The Morgan fingerprint density at radius 3 is 2.25 bits per heavy atom. The molecule has 0 aromatic carbocycles. The fraction of sp³-hybridized carbons (Fsp3) is 1.00. The molecule has 0 aliphatic carbocycles. The van der Waals surface area contributed by atoms with Crippen LogP contribution in [-0.2, 0) is 9.47 Å². The topological polar surface area (TPSA) is 58.9 Å². The van der Waals surface area contributed by atoms with Crippen LogP contribution in [0.15, 0.2) is 0 Å². The molecule has 0 saturated heterocycles. The standard InChI is InChI=1S/C8H18O4/c1-8(2,7-10)12-6-5-11-4-3-9/h9-10H,3-7H2,1-2H3. The highest BCUT2D eigenvalue weighted by molar-refractivity contribution is 4.65. The molecule has 0 aliphatic heterocycles. The van der Waals surface area contributed by atoms with E-state index in [0.29, 0.717) is 19.8 Å². The first-order valence-corrected chi connectivity index (χ1v) is 4.06. The van der Waals surface area contributed by atoms with Gasteiger partial charge < -0.3 is 19.7 Å². The second kappa shape index (κ2) is 6.37. The van der Waals surface area contributed by atoms with E-state index in [4.69, 9.17) is 19.7 Å². The minimum absolute atomic E-state index is 0.00694. The van der Waals surface area contributed by atoms with Crippen LogP contribution in [0.25, 0.3) is 0 Å². The number of rotatable bonds is 7. The molecule has 0 amide bonds. The van der Waals surface area contributed by atoms with Crippen molar-refractivity contribution in [1.29, 1.82) is 0 Å². The van der Waals surface area contributed by atoms with Crippen molar-refractivity contribution in [2.24, 2.45) is 0 Å². The molecule has 0 bridgehead atoms. The van der Waals surface area contributed by atoms with Crippen LogP contribution in [-0.4, -0.2) is 48.8 Å². The van der Waals surface area contributed by atoms with E-state index in [-0.39, 0.29) is 13.2 Å². The average Bonchev–Trinajstić information content (AvgIpc) is 2.04. The van der Waals surface area contributed by atoms with Gasteiger partial charge >= 0.3 is 0 Å². The van der Waals surface area contributed by atoms with Crippen molar-refractivity contribution in [3.63, 3.8) is 0 Å². The molecule has 0 saturated carbocycles. The van der Waals surface area contributed by atoms with Crippen molar-refractivity contribution in [3.8, 4) is 0 Å². The zero-order valence-corrected chi connectivity index (χ0v) is 7.75. The Hall–Kier alpha value is -0.160. The Morgan fingerprint density at radius 1 is 1.08 bits per heavy atom. The van der Waals surface area contributed by atoms with Crippen LogP contribution in [0.3, 0.4) is 0 Å². The van der Waals surface area contributed by atoms with Gasteiger partial charge in [-0.3, -0.25) is 0 Å². The maximum Gasteiger partial charge on any atom is 0.0857 e. The van der Waals surface area contributed by atoms with Crippen molar-refractivity contribution >= 4 is 0 Å². The summed E-state index contributed by atoms with van der Waals surface area (Å²) in [4.78, 5) is 0. The fourth-order valence-corrected chi connectivity index (χ4v) is 0.589. The third-order valence-electron chi connectivity index (χ3n) is 1.34. The molecule has 4 heteroatoms. The first kappa shape index (κ1) is 11.8. The van der Waals surface area contributed by atoms with Gasteiger partial charge in [0, 0.05) is 0 Å². The van der Waals surface area contributed by atoms with Crippen LogP contribution < -0.4 is 0 Å². The van der Waals surface area contributed by atoms with Crippen LogP contribution in [0, 0.1) is 0 Å². The fourth-order valence-electron chi connectivity index (χ4n) is 0.589. The molecule has 12 heavy (non-hydrogen) atoms. The predicted molar refractivity (Wildman–Crippen MR) is 45.0 cm³/mol. The molecule has 0 aromatic heterocycles. The Morgan fingerprint density at radius 2 is 1.75 bits per heavy atom. The zero-order valence-electron chi connectivity index (χ0n) is 7.75. The van der Waals surface area contributed by atoms with Crippen LogP contribution >= 0.6 is 0 Å². The first-order valence-electron chi connectivity index (χ1n) is 4.06. The lowest BCUT2D eigenvalue weighted by Gasteiger charge is -2.22. The van der Waals surface area contributed by atoms with E-state index < -0.39 is 5.60 Å². The summed E-state index contributed by atoms with van der Waals surface area (Å²) < 4.78 is 10.2. The molecule has 0 spiro atoms. The van der Waals surface area contributed by atoms with Gasteiger partial charge in [0.15, 0.2) is 0 Å². The normalized spacial score (nSPS) is 12.0. The molecule has 2 N–H and O–H groups in total. The minimum Gasteiger partial charge on any atom is -0.394 e. The average molecular weight is 178 g/mol. The number of hydrogen-bond donors (Lipinski definition) is 2. The summed E-state index contributed by atoms with van der Waals surface area (Å²) in [7, 11) is 0. The Kier molecular flexibility index (Phi) is 6.28.